The second-order valence-corrected chi connectivity index (χ2v) is 10.4. The molecule has 2 aromatic carbocycles. The lowest BCUT2D eigenvalue weighted by atomic mass is 9.81. The summed E-state index contributed by atoms with van der Waals surface area (Å²) in [7, 11) is 4.31. The van der Waals surface area contributed by atoms with Crippen molar-refractivity contribution in [1.82, 2.24) is 0 Å². The molecule has 0 radical (unpaired) electrons. The van der Waals surface area contributed by atoms with Crippen molar-refractivity contribution in [3.05, 3.63) is 83.1 Å². The number of carbonyl (C=O) groups excluding carboxylic acids is 1. The van der Waals surface area contributed by atoms with Crippen molar-refractivity contribution in [2.75, 3.05) is 19.0 Å². The third-order valence-corrected chi connectivity index (χ3v) is 7.63. The van der Waals surface area contributed by atoms with Crippen LogP contribution in [0.3, 0.4) is 0 Å². The third-order valence-electron chi connectivity index (χ3n) is 7.63. The monoisotopic (exact) mass is 471 g/mol. The average Bonchev–Trinajstić information content (AvgIpc) is 3.17. The molecule has 35 heavy (non-hydrogen) atoms. The van der Waals surface area contributed by atoms with Gasteiger partial charge in [0, 0.05) is 54.4 Å². The molecule has 3 heteroatoms. The molecule has 0 saturated carbocycles. The van der Waals surface area contributed by atoms with Gasteiger partial charge in [0.15, 0.2) is 5.71 Å². The van der Waals surface area contributed by atoms with E-state index in [0.29, 0.717) is 18.6 Å². The number of allylic oxidation sites excluding steroid dienone is 4. The van der Waals surface area contributed by atoms with Crippen LogP contribution in [0, 0.1) is 0 Å². The number of likely N-dealkylation sites (N-methyl/N-ethyl adjacent to an activating group) is 1. The summed E-state index contributed by atoms with van der Waals surface area (Å²) >= 11 is 0. The molecule has 2 aromatic rings. The molecule has 4 rings (SSSR count). The largest absolute Gasteiger partial charge is 0.347 e. The van der Waals surface area contributed by atoms with Crippen molar-refractivity contribution in [2.45, 2.75) is 78.6 Å². The molecule has 0 atom stereocenters. The van der Waals surface area contributed by atoms with Crippen LogP contribution in [0.15, 0.2) is 66.4 Å². The Bertz CT molecular complexity index is 1190. The molecule has 0 N–H and O–H groups in total. The van der Waals surface area contributed by atoms with Crippen molar-refractivity contribution >= 4 is 22.9 Å². The molecular weight excluding hydrogens is 428 g/mol. The third kappa shape index (κ3) is 4.78. The summed E-state index contributed by atoms with van der Waals surface area (Å²) in [5.41, 5.74) is 8.97. The first-order chi connectivity index (χ1) is 16.6. The number of anilines is 1. The highest BCUT2D eigenvalue weighted by molar-refractivity contribution is 6.03. The number of Topliss-reactive ketones (excluding diaryl/α,β-unsaturated/α-hetero) is 1. The minimum Gasteiger partial charge on any atom is -0.347 e. The van der Waals surface area contributed by atoms with Crippen molar-refractivity contribution in [1.29, 1.82) is 0 Å². The van der Waals surface area contributed by atoms with Crippen LogP contribution in [-0.2, 0) is 22.0 Å². The Kier molecular flexibility index (Phi) is 7.89. The SMILES string of the molecule is CC.CCC(=O)CCc1ccc2c(c1)C(C)(C)/C(=C\C=C\C1=[N+](C)c3ccccc3C1(C)C)N2C. The van der Waals surface area contributed by atoms with Gasteiger partial charge >= 0.3 is 0 Å². The van der Waals surface area contributed by atoms with Crippen LogP contribution in [0.25, 0.3) is 0 Å². The van der Waals surface area contributed by atoms with Gasteiger partial charge in [-0.1, -0.05) is 71.0 Å². The topological polar surface area (TPSA) is 23.3 Å². The number of rotatable bonds is 6. The van der Waals surface area contributed by atoms with E-state index < -0.39 is 0 Å². The molecule has 2 aliphatic rings. The number of ketones is 1. The Morgan fingerprint density at radius 2 is 1.69 bits per heavy atom. The number of para-hydroxylation sites is 1. The minimum absolute atomic E-state index is 0.0226. The van der Waals surface area contributed by atoms with Crippen molar-refractivity contribution in [3.63, 3.8) is 0 Å². The fraction of sp³-hybridized carbons (Fsp3) is 0.438. The zero-order chi connectivity index (χ0) is 26.0. The first-order valence-electron chi connectivity index (χ1n) is 13.1. The molecule has 0 unspecified atom stereocenters. The molecule has 0 bridgehead atoms. The number of benzene rings is 2. The van der Waals surface area contributed by atoms with E-state index in [2.05, 4.69) is 112 Å². The summed E-state index contributed by atoms with van der Waals surface area (Å²) in [5, 5.41) is 0. The van der Waals surface area contributed by atoms with Crippen molar-refractivity contribution in [3.8, 4) is 0 Å². The summed E-state index contributed by atoms with van der Waals surface area (Å²) in [6, 6.07) is 15.4. The summed E-state index contributed by atoms with van der Waals surface area (Å²) in [6.07, 6.45) is 8.80. The lowest BCUT2D eigenvalue weighted by Gasteiger charge is -2.24. The van der Waals surface area contributed by atoms with E-state index in [9.17, 15) is 4.79 Å². The molecule has 0 aromatic heterocycles. The maximum atomic E-state index is 11.8. The lowest BCUT2D eigenvalue weighted by Crippen LogP contribution is -2.26. The number of carbonyl (C=O) groups is 1. The number of fused-ring (bicyclic) bond motifs is 2. The van der Waals surface area contributed by atoms with E-state index in [1.165, 1.54) is 39.5 Å². The van der Waals surface area contributed by atoms with Gasteiger partial charge in [-0.3, -0.25) is 4.79 Å². The van der Waals surface area contributed by atoms with Gasteiger partial charge < -0.3 is 4.90 Å². The Balaban J connectivity index is 0.00000167. The van der Waals surface area contributed by atoms with Gasteiger partial charge in [0.1, 0.15) is 12.8 Å². The predicted molar refractivity (Wildman–Crippen MR) is 150 cm³/mol. The number of hydrogen-bond acceptors (Lipinski definition) is 2. The van der Waals surface area contributed by atoms with Gasteiger partial charge in [-0.2, -0.15) is 4.58 Å². The van der Waals surface area contributed by atoms with Crippen molar-refractivity contribution < 1.29 is 9.37 Å². The Morgan fingerprint density at radius 3 is 2.34 bits per heavy atom. The van der Waals surface area contributed by atoms with Crippen LogP contribution in [-0.4, -0.2) is 30.2 Å². The Labute approximate surface area is 212 Å². The summed E-state index contributed by atoms with van der Waals surface area (Å²) in [6.45, 7) is 15.1. The molecular formula is C32H43N2O+. The zero-order valence-electron chi connectivity index (χ0n) is 23.2. The van der Waals surface area contributed by atoms with E-state index in [1.807, 2.05) is 20.8 Å². The highest BCUT2D eigenvalue weighted by Crippen LogP contribution is 2.47. The van der Waals surface area contributed by atoms with E-state index in [0.717, 1.165) is 6.42 Å². The number of hydrogen-bond donors (Lipinski definition) is 0. The molecule has 0 saturated heterocycles. The lowest BCUT2D eigenvalue weighted by molar-refractivity contribution is -0.401. The smallest absolute Gasteiger partial charge is 0.209 e. The Morgan fingerprint density at radius 1 is 1.00 bits per heavy atom. The quantitative estimate of drug-likeness (QED) is 0.407. The molecule has 2 heterocycles. The molecule has 0 aliphatic carbocycles. The maximum absolute atomic E-state index is 11.8. The maximum Gasteiger partial charge on any atom is 0.209 e. The van der Waals surface area contributed by atoms with Gasteiger partial charge in [-0.15, -0.1) is 0 Å². The van der Waals surface area contributed by atoms with Crippen LogP contribution in [0.1, 0.15) is 78.0 Å². The highest BCUT2D eigenvalue weighted by atomic mass is 16.1. The molecule has 0 amide bonds. The number of nitrogens with zero attached hydrogens (tertiary/aromatic N) is 2. The van der Waals surface area contributed by atoms with Crippen LogP contribution in [0.5, 0.6) is 0 Å². The molecule has 0 spiro atoms. The standard InChI is InChI=1S/C30H37N2O.C2H6/c1-8-22(33)18-16-21-17-19-26-24(20-21)30(4,5)28(32(26)7)15-11-14-27-29(2,3)23-12-9-10-13-25(23)31(27)6;1-2/h9-15,17,19-20H,8,16,18H2,1-7H3;1-2H3/q+1;. The summed E-state index contributed by atoms with van der Waals surface area (Å²) < 4.78 is 2.31. The molecule has 186 valence electrons. The van der Waals surface area contributed by atoms with Crippen LogP contribution in [0.4, 0.5) is 11.4 Å². The first kappa shape index (κ1) is 26.7. The van der Waals surface area contributed by atoms with E-state index in [4.69, 9.17) is 0 Å². The minimum atomic E-state index is -0.0933. The fourth-order valence-corrected chi connectivity index (χ4v) is 5.53. The Hall–Kier alpha value is -2.94. The zero-order valence-corrected chi connectivity index (χ0v) is 23.2. The van der Waals surface area contributed by atoms with Crippen LogP contribution in [0.2, 0.25) is 0 Å². The average molecular weight is 472 g/mol. The van der Waals surface area contributed by atoms with Gasteiger partial charge in [-0.25, -0.2) is 0 Å². The van der Waals surface area contributed by atoms with E-state index in [-0.39, 0.29) is 10.8 Å². The van der Waals surface area contributed by atoms with Gasteiger partial charge in [-0.05, 0) is 43.5 Å². The van der Waals surface area contributed by atoms with Gasteiger partial charge in [0.25, 0.3) is 0 Å². The second-order valence-electron chi connectivity index (χ2n) is 10.4. The normalized spacial score (nSPS) is 18.5. The van der Waals surface area contributed by atoms with Gasteiger partial charge in [0.05, 0.1) is 5.41 Å². The van der Waals surface area contributed by atoms with Crippen LogP contribution < -0.4 is 4.90 Å². The highest BCUT2D eigenvalue weighted by Gasteiger charge is 2.42. The second kappa shape index (κ2) is 10.4. The predicted octanol–water partition coefficient (Wildman–Crippen LogP) is 7.50. The van der Waals surface area contributed by atoms with E-state index in [1.54, 1.807) is 0 Å². The summed E-state index contributed by atoms with van der Waals surface area (Å²) in [5.74, 6) is 0.331. The molecule has 3 nitrogen and oxygen atoms in total. The summed E-state index contributed by atoms with van der Waals surface area (Å²) in [4.78, 5) is 14.1. The fourth-order valence-electron chi connectivity index (χ4n) is 5.53. The number of aryl methyl sites for hydroxylation is 1. The molecule has 2 aliphatic heterocycles. The molecule has 0 fully saturated rings. The van der Waals surface area contributed by atoms with E-state index >= 15 is 0 Å². The van der Waals surface area contributed by atoms with Crippen LogP contribution >= 0.6 is 0 Å². The first-order valence-corrected chi connectivity index (χ1v) is 13.1. The van der Waals surface area contributed by atoms with Crippen molar-refractivity contribution in [2.24, 2.45) is 0 Å². The van der Waals surface area contributed by atoms with Gasteiger partial charge in [0.2, 0.25) is 5.69 Å².